The smallest absolute Gasteiger partial charge is 0.266 e. The predicted molar refractivity (Wildman–Crippen MR) is 131 cm³/mol. The van der Waals surface area contributed by atoms with Gasteiger partial charge < -0.3 is 15.7 Å². The molecule has 8 nitrogen and oxygen atoms in total. The summed E-state index contributed by atoms with van der Waals surface area (Å²) in [4.78, 5) is 51.5. The zero-order valence-corrected chi connectivity index (χ0v) is 19.2. The summed E-state index contributed by atoms with van der Waals surface area (Å²) in [7, 11) is 0. The van der Waals surface area contributed by atoms with Crippen molar-refractivity contribution in [2.45, 2.75) is 25.8 Å². The second kappa shape index (κ2) is 10.3. The van der Waals surface area contributed by atoms with Crippen LogP contribution in [0.4, 0.5) is 11.4 Å². The maximum atomic E-state index is 12.8. The minimum atomic E-state index is -0.424. The summed E-state index contributed by atoms with van der Waals surface area (Å²) in [6.07, 6.45) is 0.800. The normalized spacial score (nSPS) is 13.4. The number of imide groups is 1. The van der Waals surface area contributed by atoms with Gasteiger partial charge in [0.25, 0.3) is 17.7 Å². The van der Waals surface area contributed by atoms with Crippen molar-refractivity contribution in [3.05, 3.63) is 95.1 Å². The summed E-state index contributed by atoms with van der Waals surface area (Å²) in [6.45, 7) is 1.77. The van der Waals surface area contributed by atoms with Crippen LogP contribution < -0.4 is 15.5 Å². The molecule has 178 valence electrons. The highest BCUT2D eigenvalue weighted by Gasteiger charge is 2.36. The van der Waals surface area contributed by atoms with Crippen molar-refractivity contribution in [1.29, 1.82) is 0 Å². The number of hydrogen-bond acceptors (Lipinski definition) is 5. The molecule has 0 radical (unpaired) electrons. The van der Waals surface area contributed by atoms with Gasteiger partial charge in [0.05, 0.1) is 35.9 Å². The number of fused-ring (bicyclic) bond motifs is 1. The Labute approximate surface area is 202 Å². The third kappa shape index (κ3) is 5.12. The molecule has 4 rings (SSSR count). The van der Waals surface area contributed by atoms with Gasteiger partial charge in [-0.3, -0.25) is 19.2 Å². The quantitative estimate of drug-likeness (QED) is 0.437. The highest BCUT2D eigenvalue weighted by atomic mass is 16.3. The van der Waals surface area contributed by atoms with Gasteiger partial charge in [0.2, 0.25) is 5.91 Å². The number of carbonyl (C=O) groups excluding carboxylic acids is 4. The van der Waals surface area contributed by atoms with Crippen molar-refractivity contribution in [3.8, 4) is 0 Å². The molecule has 4 amide bonds. The lowest BCUT2D eigenvalue weighted by Gasteiger charge is -2.15. The van der Waals surface area contributed by atoms with Crippen LogP contribution in [-0.4, -0.2) is 41.4 Å². The van der Waals surface area contributed by atoms with Crippen molar-refractivity contribution in [1.82, 2.24) is 5.32 Å². The van der Waals surface area contributed by atoms with Crippen LogP contribution in [0, 0.1) is 0 Å². The van der Waals surface area contributed by atoms with Crippen LogP contribution in [0.25, 0.3) is 0 Å². The Hall–Kier alpha value is -4.30. The number of benzene rings is 3. The fraction of sp³-hybridized carbons (Fsp3) is 0.185. The maximum Gasteiger partial charge on any atom is 0.266 e. The molecule has 3 N–H and O–H groups in total. The van der Waals surface area contributed by atoms with Gasteiger partial charge in [0, 0.05) is 11.3 Å². The molecule has 0 fully saturated rings. The van der Waals surface area contributed by atoms with Crippen LogP contribution in [0.3, 0.4) is 0 Å². The average Bonchev–Trinajstić information content (AvgIpc) is 3.13. The molecule has 0 saturated heterocycles. The lowest BCUT2D eigenvalue weighted by atomic mass is 10.1. The summed E-state index contributed by atoms with van der Waals surface area (Å²) >= 11 is 0. The van der Waals surface area contributed by atoms with Crippen LogP contribution in [0.2, 0.25) is 0 Å². The van der Waals surface area contributed by atoms with Crippen molar-refractivity contribution in [2.24, 2.45) is 0 Å². The first-order chi connectivity index (χ1) is 16.9. The molecule has 1 aliphatic heterocycles. The van der Waals surface area contributed by atoms with E-state index in [1.807, 2.05) is 6.92 Å². The topological polar surface area (TPSA) is 116 Å². The molecule has 1 heterocycles. The summed E-state index contributed by atoms with van der Waals surface area (Å²) in [5.41, 5.74) is 2.58. The van der Waals surface area contributed by atoms with Crippen molar-refractivity contribution in [2.75, 3.05) is 16.8 Å². The zero-order valence-electron chi connectivity index (χ0n) is 19.2. The minimum absolute atomic E-state index is 0.110. The summed E-state index contributed by atoms with van der Waals surface area (Å²) in [6, 6.07) is 19.5. The highest BCUT2D eigenvalue weighted by Crippen LogP contribution is 2.29. The van der Waals surface area contributed by atoms with Crippen molar-refractivity contribution < 1.29 is 24.3 Å². The first-order valence-electron chi connectivity index (χ1n) is 11.3. The van der Waals surface area contributed by atoms with E-state index in [0.29, 0.717) is 28.9 Å². The van der Waals surface area contributed by atoms with E-state index in [9.17, 15) is 24.3 Å². The van der Waals surface area contributed by atoms with E-state index in [1.165, 1.54) is 6.07 Å². The maximum absolute atomic E-state index is 12.8. The van der Waals surface area contributed by atoms with Crippen LogP contribution in [0.1, 0.15) is 50.0 Å². The average molecular weight is 472 g/mol. The predicted octanol–water partition coefficient (Wildman–Crippen LogP) is 3.17. The van der Waals surface area contributed by atoms with E-state index in [2.05, 4.69) is 10.6 Å². The molecule has 1 unspecified atom stereocenters. The Morgan fingerprint density at radius 1 is 0.914 bits per heavy atom. The summed E-state index contributed by atoms with van der Waals surface area (Å²) in [5.74, 6) is -1.44. The minimum Gasteiger partial charge on any atom is -0.394 e. The van der Waals surface area contributed by atoms with Gasteiger partial charge in [-0.2, -0.15) is 0 Å². The molecule has 0 bridgehead atoms. The largest absolute Gasteiger partial charge is 0.394 e. The monoisotopic (exact) mass is 471 g/mol. The van der Waals surface area contributed by atoms with E-state index >= 15 is 0 Å². The second-order valence-electron chi connectivity index (χ2n) is 8.22. The van der Waals surface area contributed by atoms with Crippen LogP contribution >= 0.6 is 0 Å². The van der Waals surface area contributed by atoms with E-state index in [0.717, 1.165) is 10.5 Å². The van der Waals surface area contributed by atoms with Gasteiger partial charge in [-0.05, 0) is 54.4 Å². The number of nitrogens with one attached hydrogen (secondary N) is 2. The van der Waals surface area contributed by atoms with Crippen LogP contribution in [-0.2, 0) is 11.2 Å². The molecule has 0 aliphatic carbocycles. The Morgan fingerprint density at radius 3 is 2.17 bits per heavy atom. The number of aliphatic hydroxyl groups excluding tert-OH is 1. The Morgan fingerprint density at radius 2 is 1.57 bits per heavy atom. The van der Waals surface area contributed by atoms with Gasteiger partial charge >= 0.3 is 0 Å². The lowest BCUT2D eigenvalue weighted by molar-refractivity contribution is -0.121. The molecule has 8 heteroatoms. The van der Waals surface area contributed by atoms with Gasteiger partial charge in [0.15, 0.2) is 0 Å². The Kier molecular flexibility index (Phi) is 7.03. The molecular weight excluding hydrogens is 446 g/mol. The molecule has 3 aromatic carbocycles. The standard InChI is InChI=1S/C27H25N3O5/c1-2-19(16-31)28-24(32)14-17-10-12-20(13-11-17)29-25(33)18-6-5-7-21(15-18)30-26(34)22-8-3-4-9-23(22)27(30)35/h3-13,15,19,31H,2,14,16H2,1H3,(H,28,32)(H,29,33). The number of hydrogen-bond donors (Lipinski definition) is 3. The van der Waals surface area contributed by atoms with Gasteiger partial charge in [0.1, 0.15) is 0 Å². The SMILES string of the molecule is CCC(CO)NC(=O)Cc1ccc(NC(=O)c2cccc(N3C(=O)c4ccccc4C3=O)c2)cc1. The molecule has 1 aliphatic rings. The molecule has 0 aromatic heterocycles. The second-order valence-corrected chi connectivity index (χ2v) is 8.22. The van der Waals surface area contributed by atoms with E-state index in [1.54, 1.807) is 66.7 Å². The van der Waals surface area contributed by atoms with Gasteiger partial charge in [-0.25, -0.2) is 4.90 Å². The first kappa shape index (κ1) is 23.8. The molecule has 1 atom stereocenters. The fourth-order valence-electron chi connectivity index (χ4n) is 3.86. The van der Waals surface area contributed by atoms with E-state index in [-0.39, 0.29) is 30.5 Å². The number of aliphatic hydroxyl groups is 1. The van der Waals surface area contributed by atoms with Crippen molar-refractivity contribution in [3.63, 3.8) is 0 Å². The fourth-order valence-corrected chi connectivity index (χ4v) is 3.86. The first-order valence-corrected chi connectivity index (χ1v) is 11.3. The molecule has 35 heavy (non-hydrogen) atoms. The number of nitrogens with zero attached hydrogens (tertiary/aromatic N) is 1. The van der Waals surface area contributed by atoms with Crippen molar-refractivity contribution >= 4 is 35.0 Å². The Balaban J connectivity index is 1.42. The third-order valence-electron chi connectivity index (χ3n) is 5.82. The zero-order chi connectivity index (χ0) is 24.9. The number of rotatable bonds is 8. The van der Waals surface area contributed by atoms with Crippen LogP contribution in [0.5, 0.6) is 0 Å². The summed E-state index contributed by atoms with van der Waals surface area (Å²) < 4.78 is 0. The third-order valence-corrected chi connectivity index (χ3v) is 5.82. The van der Waals surface area contributed by atoms with Gasteiger partial charge in [-0.1, -0.05) is 37.3 Å². The lowest BCUT2D eigenvalue weighted by Crippen LogP contribution is -2.37. The van der Waals surface area contributed by atoms with E-state index < -0.39 is 17.7 Å². The number of anilines is 2. The molecule has 3 aromatic rings. The highest BCUT2D eigenvalue weighted by molar-refractivity contribution is 6.34. The number of carbonyl (C=O) groups is 4. The van der Waals surface area contributed by atoms with Gasteiger partial charge in [-0.15, -0.1) is 0 Å². The Bertz CT molecular complexity index is 1250. The molecule has 0 saturated carbocycles. The summed E-state index contributed by atoms with van der Waals surface area (Å²) in [5, 5.41) is 14.8. The van der Waals surface area contributed by atoms with Crippen LogP contribution in [0.15, 0.2) is 72.8 Å². The number of amides is 4. The molecular formula is C27H25N3O5. The van der Waals surface area contributed by atoms with E-state index in [4.69, 9.17) is 0 Å². The molecule has 0 spiro atoms.